The van der Waals surface area contributed by atoms with Crippen LogP contribution in [0.25, 0.3) is 0 Å². The van der Waals surface area contributed by atoms with Crippen molar-refractivity contribution in [2.75, 3.05) is 80.2 Å². The number of ether oxygens (including phenoxy) is 7. The van der Waals surface area contributed by atoms with Crippen molar-refractivity contribution >= 4 is 23.3 Å². The van der Waals surface area contributed by atoms with E-state index in [4.69, 9.17) is 45.4 Å². The second kappa shape index (κ2) is 25.1. The van der Waals surface area contributed by atoms with Crippen molar-refractivity contribution in [1.29, 1.82) is 0 Å². The fraction of sp³-hybridized carbons (Fsp3) is 0.957. The van der Waals surface area contributed by atoms with E-state index in [0.717, 1.165) is 32.8 Å². The van der Waals surface area contributed by atoms with Gasteiger partial charge in [-0.1, -0.05) is 20.8 Å². The Labute approximate surface area is 400 Å². The molecule has 0 saturated carbocycles. The number of rotatable bonds is 14. The van der Waals surface area contributed by atoms with Gasteiger partial charge in [-0.25, -0.2) is 0 Å². The predicted molar refractivity (Wildman–Crippen MR) is 254 cm³/mol. The molecule has 4 heterocycles. The van der Waals surface area contributed by atoms with Crippen molar-refractivity contribution in [3.05, 3.63) is 0 Å². The topological polar surface area (TPSA) is 217 Å². The fourth-order valence-electron chi connectivity index (χ4n) is 10.6. The van der Waals surface area contributed by atoms with Crippen molar-refractivity contribution in [1.82, 2.24) is 25.3 Å². The molecule has 0 aromatic heterocycles. The third-order valence-corrected chi connectivity index (χ3v) is 15.0. The maximum Gasteiger partial charge on any atom is 0.311 e. The van der Waals surface area contributed by atoms with Crippen LogP contribution in [0, 0.1) is 17.8 Å². The van der Waals surface area contributed by atoms with E-state index in [1.54, 1.807) is 34.6 Å². The van der Waals surface area contributed by atoms with Gasteiger partial charge in [-0.05, 0) is 106 Å². The highest BCUT2D eigenvalue weighted by Crippen LogP contribution is 2.40. The number of morpholine rings is 1. The van der Waals surface area contributed by atoms with Gasteiger partial charge in [0.1, 0.15) is 30.0 Å². The van der Waals surface area contributed by atoms with Gasteiger partial charge in [0.25, 0.3) is 0 Å². The van der Waals surface area contributed by atoms with Gasteiger partial charge in [-0.3, -0.25) is 14.6 Å². The van der Waals surface area contributed by atoms with Crippen LogP contribution in [-0.2, 0) is 38.0 Å². The Morgan fingerprint density at radius 2 is 1.58 bits per heavy atom. The second-order valence-corrected chi connectivity index (χ2v) is 21.1. The first-order chi connectivity index (χ1) is 30.9. The number of thiocarbonyl (C=S) groups is 1. The zero-order valence-electron chi connectivity index (χ0n) is 42.3. The number of methoxy groups -OCH3 is 1. The standard InChI is InChI=1S/C47H89N5O13S/c1-14-35-47(10,58)39(54)32(6)52(18-15-16-48-44(66)49-17-19-51-20-22-60-23-21-51)27-28(2)25-45(8,57)41(65-43-37(53)34(50(11)12)24-29(3)61-43)30(4)38(31(5)42(56)63-35)64-36-26-46(9,59-13)40(55)33(7)62-36/h28-41,43,53-55,57-58H,14-27H2,1-13H3,(H2,48,49,66)/t28-,29-,30+,31-,32-,33+,34+,35-,36+,37-,38+,39-,40+,41-,43+,45-,46-,47-/m1/s1. The number of aliphatic hydroxyl groups is 5. The van der Waals surface area contributed by atoms with Gasteiger partial charge in [0.2, 0.25) is 0 Å². The lowest BCUT2D eigenvalue weighted by molar-refractivity contribution is -0.318. The van der Waals surface area contributed by atoms with Crippen LogP contribution in [0.5, 0.6) is 0 Å². The maximum absolute atomic E-state index is 14.5. The average molecular weight is 964 g/mol. The van der Waals surface area contributed by atoms with Crippen LogP contribution in [0.4, 0.5) is 0 Å². The minimum atomic E-state index is -1.87. The van der Waals surface area contributed by atoms with Crippen LogP contribution in [-0.4, -0.2) is 222 Å². The van der Waals surface area contributed by atoms with E-state index < -0.39 is 96.0 Å². The molecule has 18 atom stereocenters. The second-order valence-electron chi connectivity index (χ2n) is 20.7. The molecule has 0 radical (unpaired) electrons. The fourth-order valence-corrected chi connectivity index (χ4v) is 10.8. The van der Waals surface area contributed by atoms with Crippen LogP contribution in [0.1, 0.15) is 101 Å². The lowest BCUT2D eigenvalue weighted by Crippen LogP contribution is -2.60. The Hall–Kier alpha value is -1.40. The molecule has 66 heavy (non-hydrogen) atoms. The summed E-state index contributed by atoms with van der Waals surface area (Å²) in [5.41, 5.74) is -4.54. The summed E-state index contributed by atoms with van der Waals surface area (Å²) in [6.07, 6.45) is -8.03. The number of carbonyl (C=O) groups is 1. The predicted octanol–water partition coefficient (Wildman–Crippen LogP) is 1.46. The van der Waals surface area contributed by atoms with Gasteiger partial charge in [-0.2, -0.15) is 0 Å². The molecule has 4 saturated heterocycles. The molecule has 0 aliphatic carbocycles. The van der Waals surface area contributed by atoms with E-state index in [9.17, 15) is 30.3 Å². The molecule has 0 aromatic rings. The number of hydrogen-bond donors (Lipinski definition) is 7. The minimum absolute atomic E-state index is 0.115. The largest absolute Gasteiger partial charge is 0.459 e. The Bertz CT molecular complexity index is 1500. The minimum Gasteiger partial charge on any atom is -0.459 e. The van der Waals surface area contributed by atoms with Crippen molar-refractivity contribution in [3.63, 3.8) is 0 Å². The maximum atomic E-state index is 14.5. The third-order valence-electron chi connectivity index (χ3n) is 14.8. The number of aliphatic hydroxyl groups excluding tert-OH is 3. The summed E-state index contributed by atoms with van der Waals surface area (Å²) < 4.78 is 43.6. The molecule has 0 unspecified atom stereocenters. The molecule has 0 aromatic carbocycles. The molecule has 4 aliphatic rings. The Balaban J connectivity index is 1.69. The van der Waals surface area contributed by atoms with E-state index in [-0.39, 0.29) is 37.3 Å². The number of esters is 1. The molecule has 0 spiro atoms. The molecule has 386 valence electrons. The molecule has 19 heteroatoms. The van der Waals surface area contributed by atoms with Crippen molar-refractivity contribution in [3.8, 4) is 0 Å². The van der Waals surface area contributed by atoms with Crippen molar-refractivity contribution in [2.24, 2.45) is 17.8 Å². The van der Waals surface area contributed by atoms with E-state index in [0.29, 0.717) is 44.1 Å². The molecule has 4 fully saturated rings. The number of cyclic esters (lactones) is 1. The normalized spacial score (nSPS) is 43.1. The summed E-state index contributed by atoms with van der Waals surface area (Å²) in [4.78, 5) is 20.9. The Kier molecular flexibility index (Phi) is 21.8. The van der Waals surface area contributed by atoms with Gasteiger partial charge in [0, 0.05) is 77.3 Å². The van der Waals surface area contributed by atoms with Crippen LogP contribution in [0.15, 0.2) is 0 Å². The van der Waals surface area contributed by atoms with Gasteiger partial charge in [0.15, 0.2) is 17.7 Å². The average Bonchev–Trinajstić information content (AvgIpc) is 3.26. The van der Waals surface area contributed by atoms with Gasteiger partial charge in [-0.15, -0.1) is 0 Å². The van der Waals surface area contributed by atoms with Crippen LogP contribution >= 0.6 is 12.2 Å². The first-order valence-electron chi connectivity index (χ1n) is 24.4. The molecule has 7 N–H and O–H groups in total. The van der Waals surface area contributed by atoms with E-state index >= 15 is 0 Å². The van der Waals surface area contributed by atoms with Crippen LogP contribution in [0.2, 0.25) is 0 Å². The van der Waals surface area contributed by atoms with Crippen LogP contribution < -0.4 is 10.6 Å². The molecule has 4 aliphatic heterocycles. The number of nitrogens with one attached hydrogen (secondary N) is 2. The Morgan fingerprint density at radius 1 is 0.924 bits per heavy atom. The van der Waals surface area contributed by atoms with E-state index in [1.165, 1.54) is 14.0 Å². The summed E-state index contributed by atoms with van der Waals surface area (Å²) in [6, 6.07) is -0.916. The van der Waals surface area contributed by atoms with Crippen LogP contribution in [0.3, 0.4) is 0 Å². The lowest BCUT2D eigenvalue weighted by atomic mass is 9.77. The molecule has 0 bridgehead atoms. The number of hydrogen-bond acceptors (Lipinski definition) is 17. The molecular weight excluding hydrogens is 875 g/mol. The first kappa shape index (κ1) is 57.2. The van der Waals surface area contributed by atoms with Gasteiger partial charge < -0.3 is 74.2 Å². The monoisotopic (exact) mass is 964 g/mol. The highest BCUT2D eigenvalue weighted by Gasteiger charge is 2.53. The third kappa shape index (κ3) is 14.8. The molecule has 0 amide bonds. The summed E-state index contributed by atoms with van der Waals surface area (Å²) in [5, 5.41) is 67.1. The summed E-state index contributed by atoms with van der Waals surface area (Å²) in [6.45, 7) is 24.0. The summed E-state index contributed by atoms with van der Waals surface area (Å²) in [5.74, 6) is -2.75. The van der Waals surface area contributed by atoms with Gasteiger partial charge in [0.05, 0.1) is 54.7 Å². The highest BCUT2D eigenvalue weighted by atomic mass is 32.1. The Morgan fingerprint density at radius 3 is 2.20 bits per heavy atom. The number of likely N-dealkylation sites (N-methyl/N-ethyl adjacent to an activating group) is 1. The first-order valence-corrected chi connectivity index (χ1v) is 24.9. The molecule has 4 rings (SSSR count). The SMILES string of the molecule is CC[C@H]1OC(=O)[C@H](C)[C@@H](O[C@H]2C[C@@](C)(OC)[C@@H](O)[C@H](C)O2)[C@H](C)[C@@H](O[C@@H]2O[C@H](C)C[C@H](N(C)C)[C@H]2O)[C@](C)(O)C[C@@H](C)CN(CCCNC(=S)NCCN2CCOCC2)[C@H](C)[C@@H](O)[C@]1(C)O. The number of carbonyl (C=O) groups excluding carboxylic acids is 1. The van der Waals surface area contributed by atoms with E-state index in [1.807, 2.05) is 46.7 Å². The summed E-state index contributed by atoms with van der Waals surface area (Å²) >= 11 is 5.59. The number of nitrogens with zero attached hydrogens (tertiary/aromatic N) is 3. The lowest BCUT2D eigenvalue weighted by Gasteiger charge is -2.48. The molecular formula is C47H89N5O13S. The van der Waals surface area contributed by atoms with Crippen molar-refractivity contribution < 1.29 is 63.5 Å². The zero-order valence-corrected chi connectivity index (χ0v) is 43.1. The molecule has 18 nitrogen and oxygen atoms in total. The smallest absolute Gasteiger partial charge is 0.311 e. The highest BCUT2D eigenvalue weighted by molar-refractivity contribution is 7.80. The van der Waals surface area contributed by atoms with Gasteiger partial charge >= 0.3 is 5.97 Å². The van der Waals surface area contributed by atoms with Crippen molar-refractivity contribution in [2.45, 2.75) is 192 Å². The quantitative estimate of drug-likeness (QED) is 0.0746. The van der Waals surface area contributed by atoms with E-state index in [2.05, 4.69) is 20.4 Å². The summed E-state index contributed by atoms with van der Waals surface area (Å²) in [7, 11) is 5.29. The zero-order chi connectivity index (χ0) is 49.3.